The average molecular weight is 273 g/mol. The van der Waals surface area contributed by atoms with Crippen LogP contribution in [0.25, 0.3) is 0 Å². The van der Waals surface area contributed by atoms with Gasteiger partial charge in [-0.2, -0.15) is 0 Å². The normalized spacial score (nSPS) is 46.0. The fraction of sp³-hybridized carbons (Fsp3) is 0.824. The smallest absolute Gasteiger partial charge is 0.0925 e. The summed E-state index contributed by atoms with van der Waals surface area (Å²) in [6.07, 6.45) is 10.3. The largest absolute Gasteiger partial charge is 0.348 e. The Morgan fingerprint density at radius 2 is 1.90 bits per heavy atom. The molecule has 5 rings (SSSR count). The zero-order valence-corrected chi connectivity index (χ0v) is 13.1. The summed E-state index contributed by atoms with van der Waals surface area (Å²) in [7, 11) is 0. The lowest BCUT2D eigenvalue weighted by Crippen LogP contribution is -2.63. The van der Waals surface area contributed by atoms with E-state index in [1.165, 1.54) is 49.9 Å². The van der Waals surface area contributed by atoms with E-state index in [0.717, 1.165) is 12.5 Å². The van der Waals surface area contributed by atoms with Crippen LogP contribution in [0, 0.1) is 23.7 Å². The van der Waals surface area contributed by atoms with E-state index in [2.05, 4.69) is 36.1 Å². The highest BCUT2D eigenvalue weighted by Crippen LogP contribution is 2.66. The van der Waals surface area contributed by atoms with E-state index in [1.54, 1.807) is 0 Å². The molecule has 0 saturated heterocycles. The van der Waals surface area contributed by atoms with E-state index in [0.29, 0.717) is 16.4 Å². The Morgan fingerprint density at radius 1 is 1.20 bits per heavy atom. The Kier molecular flexibility index (Phi) is 2.50. The van der Waals surface area contributed by atoms with Gasteiger partial charge in [-0.25, -0.2) is 4.98 Å². The minimum atomic E-state index is 0.383. The highest BCUT2D eigenvalue weighted by atomic mass is 15.0. The maximum Gasteiger partial charge on any atom is 0.0925 e. The minimum absolute atomic E-state index is 0.383. The highest BCUT2D eigenvalue weighted by molar-refractivity contribution is 5.16. The molecule has 0 spiro atoms. The first kappa shape index (κ1) is 12.9. The van der Waals surface area contributed by atoms with Gasteiger partial charge in [-0.05, 0) is 62.2 Å². The van der Waals surface area contributed by atoms with E-state index in [1.807, 2.05) is 6.33 Å². The molecule has 20 heavy (non-hydrogen) atoms. The van der Waals surface area contributed by atoms with Crippen molar-refractivity contribution < 1.29 is 0 Å². The Labute approximate surface area is 122 Å². The summed E-state index contributed by atoms with van der Waals surface area (Å²) in [6.45, 7) is 8.11. The molecule has 4 aliphatic rings. The highest BCUT2D eigenvalue weighted by Gasteiger charge is 2.59. The van der Waals surface area contributed by atoms with Gasteiger partial charge in [0.2, 0.25) is 0 Å². The van der Waals surface area contributed by atoms with Crippen LogP contribution < -0.4 is 5.32 Å². The van der Waals surface area contributed by atoms with Crippen LogP contribution in [0.5, 0.6) is 0 Å². The molecule has 4 fully saturated rings. The van der Waals surface area contributed by atoms with Crippen molar-refractivity contribution in [3.8, 4) is 0 Å². The fourth-order valence-electron chi connectivity index (χ4n) is 6.48. The molecule has 0 aliphatic heterocycles. The molecule has 4 bridgehead atoms. The Balaban J connectivity index is 1.56. The molecule has 3 nitrogen and oxygen atoms in total. The molecule has 3 heteroatoms. The lowest BCUT2D eigenvalue weighted by Gasteiger charge is -2.65. The molecule has 0 aromatic carbocycles. The molecule has 110 valence electrons. The van der Waals surface area contributed by atoms with E-state index < -0.39 is 0 Å². The summed E-state index contributed by atoms with van der Waals surface area (Å²) < 4.78 is 0. The first-order valence-corrected chi connectivity index (χ1v) is 8.13. The number of rotatable bonds is 3. The van der Waals surface area contributed by atoms with Gasteiger partial charge in [-0.3, -0.25) is 0 Å². The molecule has 1 aromatic heterocycles. The second-order valence-electron chi connectivity index (χ2n) is 8.74. The predicted molar refractivity (Wildman–Crippen MR) is 80.3 cm³/mol. The number of nitrogens with zero attached hydrogens (tertiary/aromatic N) is 1. The van der Waals surface area contributed by atoms with Crippen molar-refractivity contribution in [2.24, 2.45) is 16.7 Å². The van der Waals surface area contributed by atoms with Crippen molar-refractivity contribution in [2.45, 2.75) is 71.4 Å². The standard InChI is InChI=1S/C17H27N3/c1-12-14(19-11-18-12)7-20-17-6-13-4-15(2,9-17)8-16(3,5-13)10-17/h11,13,20H,4-10H2,1-3H3,(H,18,19). The molecule has 4 saturated carbocycles. The van der Waals surface area contributed by atoms with Gasteiger partial charge in [0, 0.05) is 17.8 Å². The van der Waals surface area contributed by atoms with Crippen LogP contribution in [0.4, 0.5) is 0 Å². The van der Waals surface area contributed by atoms with E-state index in [-0.39, 0.29) is 0 Å². The Morgan fingerprint density at radius 3 is 2.45 bits per heavy atom. The second-order valence-corrected chi connectivity index (χ2v) is 8.74. The molecular formula is C17H27N3. The van der Waals surface area contributed by atoms with Gasteiger partial charge in [0.25, 0.3) is 0 Å². The van der Waals surface area contributed by atoms with Crippen LogP contribution in [-0.2, 0) is 6.54 Å². The lowest BCUT2D eigenvalue weighted by molar-refractivity contribution is -0.118. The van der Waals surface area contributed by atoms with Crippen molar-refractivity contribution in [1.82, 2.24) is 15.3 Å². The molecule has 4 aliphatic carbocycles. The number of aromatic amines is 1. The van der Waals surface area contributed by atoms with Crippen LogP contribution in [-0.4, -0.2) is 15.5 Å². The Hall–Kier alpha value is -0.830. The number of aryl methyl sites for hydroxylation is 1. The quantitative estimate of drug-likeness (QED) is 0.884. The Bertz CT molecular complexity index is 514. The minimum Gasteiger partial charge on any atom is -0.348 e. The van der Waals surface area contributed by atoms with Gasteiger partial charge in [0.15, 0.2) is 0 Å². The first-order chi connectivity index (χ1) is 9.40. The summed E-state index contributed by atoms with van der Waals surface area (Å²) in [5, 5.41) is 3.94. The molecular weight excluding hydrogens is 246 g/mol. The molecule has 1 aromatic rings. The number of hydrogen-bond donors (Lipinski definition) is 2. The first-order valence-electron chi connectivity index (χ1n) is 8.13. The predicted octanol–water partition coefficient (Wildman–Crippen LogP) is 3.56. The van der Waals surface area contributed by atoms with Crippen molar-refractivity contribution in [3.63, 3.8) is 0 Å². The van der Waals surface area contributed by atoms with Crippen LogP contribution in [0.3, 0.4) is 0 Å². The van der Waals surface area contributed by atoms with E-state index in [9.17, 15) is 0 Å². The maximum absolute atomic E-state index is 4.45. The average Bonchev–Trinajstić information content (AvgIpc) is 2.67. The molecule has 0 radical (unpaired) electrons. The van der Waals surface area contributed by atoms with Crippen molar-refractivity contribution in [3.05, 3.63) is 17.7 Å². The van der Waals surface area contributed by atoms with Crippen LogP contribution >= 0.6 is 0 Å². The second kappa shape index (κ2) is 3.88. The summed E-state index contributed by atoms with van der Waals surface area (Å²) in [6, 6.07) is 0. The van der Waals surface area contributed by atoms with Gasteiger partial charge < -0.3 is 10.3 Å². The van der Waals surface area contributed by atoms with Gasteiger partial charge in [0.1, 0.15) is 0 Å². The van der Waals surface area contributed by atoms with Crippen LogP contribution in [0.1, 0.15) is 63.8 Å². The number of H-pyrrole nitrogens is 1. The van der Waals surface area contributed by atoms with Crippen LogP contribution in [0.2, 0.25) is 0 Å². The topological polar surface area (TPSA) is 40.7 Å². The third kappa shape index (κ3) is 1.93. The van der Waals surface area contributed by atoms with Crippen molar-refractivity contribution in [1.29, 1.82) is 0 Å². The van der Waals surface area contributed by atoms with E-state index >= 15 is 0 Å². The van der Waals surface area contributed by atoms with Gasteiger partial charge in [0.05, 0.1) is 12.0 Å². The number of hydrogen-bond acceptors (Lipinski definition) is 2. The summed E-state index contributed by atoms with van der Waals surface area (Å²) in [4.78, 5) is 7.64. The number of imidazole rings is 1. The summed E-state index contributed by atoms with van der Waals surface area (Å²) in [5.74, 6) is 0.953. The molecule has 2 unspecified atom stereocenters. The third-order valence-electron chi connectivity index (χ3n) is 6.19. The fourth-order valence-corrected chi connectivity index (χ4v) is 6.48. The number of nitrogens with one attached hydrogen (secondary N) is 2. The van der Waals surface area contributed by atoms with Crippen molar-refractivity contribution in [2.75, 3.05) is 0 Å². The van der Waals surface area contributed by atoms with Crippen LogP contribution in [0.15, 0.2) is 6.33 Å². The van der Waals surface area contributed by atoms with Gasteiger partial charge >= 0.3 is 0 Å². The van der Waals surface area contributed by atoms with E-state index in [4.69, 9.17) is 0 Å². The monoisotopic (exact) mass is 273 g/mol. The molecule has 2 atom stereocenters. The van der Waals surface area contributed by atoms with Crippen molar-refractivity contribution >= 4 is 0 Å². The number of aromatic nitrogens is 2. The third-order valence-corrected chi connectivity index (χ3v) is 6.19. The maximum atomic E-state index is 4.45. The molecule has 1 heterocycles. The lowest BCUT2D eigenvalue weighted by atomic mass is 9.43. The zero-order chi connectivity index (χ0) is 14.0. The summed E-state index contributed by atoms with van der Waals surface area (Å²) in [5.41, 5.74) is 3.95. The zero-order valence-electron chi connectivity index (χ0n) is 13.1. The molecule has 0 amide bonds. The SMILES string of the molecule is Cc1[nH]cnc1CNC12CC3CC(C)(CC(C)(C3)C1)C2. The summed E-state index contributed by atoms with van der Waals surface area (Å²) >= 11 is 0. The molecule has 2 N–H and O–H groups in total. The van der Waals surface area contributed by atoms with Gasteiger partial charge in [-0.1, -0.05) is 13.8 Å². The van der Waals surface area contributed by atoms with Gasteiger partial charge in [-0.15, -0.1) is 0 Å².